The highest BCUT2D eigenvalue weighted by Crippen LogP contribution is 2.34. The van der Waals surface area contributed by atoms with Crippen LogP contribution in [0.3, 0.4) is 0 Å². The predicted octanol–water partition coefficient (Wildman–Crippen LogP) is 4.17. The van der Waals surface area contributed by atoms with Gasteiger partial charge in [-0.1, -0.05) is 37.6 Å². The first-order chi connectivity index (χ1) is 18.1. The maximum atomic E-state index is 7.57. The predicted molar refractivity (Wildman–Crippen MR) is 151 cm³/mol. The molecule has 9 nitrogen and oxygen atoms in total. The molecule has 2 aromatic carbocycles. The average molecular weight is 509 g/mol. The number of nitrogens with two attached hydrogens (primary N) is 1. The molecule has 9 heteroatoms. The van der Waals surface area contributed by atoms with E-state index >= 15 is 0 Å². The van der Waals surface area contributed by atoms with E-state index in [-0.39, 0.29) is 12.6 Å². The minimum atomic E-state index is 0.250. The van der Waals surface area contributed by atoms with E-state index < -0.39 is 0 Å². The molecule has 0 atom stereocenters. The van der Waals surface area contributed by atoms with Crippen LogP contribution in [-0.2, 0) is 17.8 Å². The van der Waals surface area contributed by atoms with Crippen LogP contribution in [0, 0.1) is 0 Å². The summed E-state index contributed by atoms with van der Waals surface area (Å²) >= 11 is 0. The largest absolute Gasteiger partial charge is 0.496 e. The zero-order chi connectivity index (χ0) is 26.6. The third-order valence-electron chi connectivity index (χ3n) is 5.93. The SMILES string of the molecule is CCCCNc1nc(N)nc2c3ccccc3n(Cc3cc(CNCCOC)ccc3OC)c12.CCO. The maximum absolute atomic E-state index is 7.57. The van der Waals surface area contributed by atoms with E-state index in [9.17, 15) is 0 Å². The highest BCUT2D eigenvalue weighted by Gasteiger charge is 2.19. The van der Waals surface area contributed by atoms with Crippen LogP contribution in [0.1, 0.15) is 37.8 Å². The number of aliphatic hydroxyl groups excluding tert-OH is 1. The van der Waals surface area contributed by atoms with E-state index in [0.29, 0.717) is 13.2 Å². The van der Waals surface area contributed by atoms with Gasteiger partial charge in [0, 0.05) is 44.3 Å². The molecular formula is C28H40N6O3. The lowest BCUT2D eigenvalue weighted by molar-refractivity contribution is 0.199. The first kappa shape index (κ1) is 28.2. The Hall–Kier alpha value is -3.40. The number of nitrogens with one attached hydrogen (secondary N) is 2. The van der Waals surface area contributed by atoms with Crippen molar-refractivity contribution in [3.8, 4) is 5.75 Å². The zero-order valence-corrected chi connectivity index (χ0v) is 22.4. The molecule has 37 heavy (non-hydrogen) atoms. The summed E-state index contributed by atoms with van der Waals surface area (Å²) in [6.07, 6.45) is 2.15. The molecule has 0 aliphatic heterocycles. The van der Waals surface area contributed by atoms with Gasteiger partial charge in [0.15, 0.2) is 5.82 Å². The number of hydrogen-bond donors (Lipinski definition) is 4. The molecule has 0 bridgehead atoms. The second-order valence-electron chi connectivity index (χ2n) is 8.64. The van der Waals surface area contributed by atoms with Crippen LogP contribution < -0.4 is 21.1 Å². The molecule has 0 aliphatic rings. The summed E-state index contributed by atoms with van der Waals surface area (Å²) in [5.41, 5.74) is 11.3. The van der Waals surface area contributed by atoms with Crippen molar-refractivity contribution in [2.24, 2.45) is 0 Å². The minimum absolute atomic E-state index is 0.250. The molecule has 5 N–H and O–H groups in total. The van der Waals surface area contributed by atoms with Crippen molar-refractivity contribution in [3.05, 3.63) is 53.6 Å². The summed E-state index contributed by atoms with van der Waals surface area (Å²) in [5, 5.41) is 15.5. The first-order valence-corrected chi connectivity index (χ1v) is 12.8. The monoisotopic (exact) mass is 508 g/mol. The molecule has 2 heterocycles. The number of para-hydroxylation sites is 1. The molecule has 0 radical (unpaired) electrons. The number of methoxy groups -OCH3 is 2. The smallest absolute Gasteiger partial charge is 0.222 e. The van der Waals surface area contributed by atoms with Crippen LogP contribution in [0.2, 0.25) is 0 Å². The van der Waals surface area contributed by atoms with Crippen LogP contribution in [0.15, 0.2) is 42.5 Å². The summed E-state index contributed by atoms with van der Waals surface area (Å²) < 4.78 is 13.1. The summed E-state index contributed by atoms with van der Waals surface area (Å²) in [6, 6.07) is 14.6. The number of nitrogen functional groups attached to an aromatic ring is 1. The Labute approximate surface area is 219 Å². The Morgan fingerprint density at radius 1 is 1.05 bits per heavy atom. The van der Waals surface area contributed by atoms with E-state index in [4.69, 9.17) is 20.3 Å². The highest BCUT2D eigenvalue weighted by molar-refractivity contribution is 6.09. The summed E-state index contributed by atoms with van der Waals surface area (Å²) in [6.45, 7) is 7.80. The van der Waals surface area contributed by atoms with Crippen molar-refractivity contribution < 1.29 is 14.6 Å². The van der Waals surface area contributed by atoms with Gasteiger partial charge in [0.2, 0.25) is 5.95 Å². The van der Waals surface area contributed by atoms with E-state index in [2.05, 4.69) is 56.4 Å². The first-order valence-electron chi connectivity index (χ1n) is 12.8. The van der Waals surface area contributed by atoms with Crippen molar-refractivity contribution in [2.75, 3.05) is 51.6 Å². The fourth-order valence-corrected chi connectivity index (χ4v) is 4.26. The quantitative estimate of drug-likeness (QED) is 0.211. The van der Waals surface area contributed by atoms with Crippen LogP contribution in [0.25, 0.3) is 21.9 Å². The minimum Gasteiger partial charge on any atom is -0.496 e. The molecule has 200 valence electrons. The fraction of sp³-hybridized carbons (Fsp3) is 0.429. The molecule has 2 aromatic heterocycles. The van der Waals surface area contributed by atoms with Gasteiger partial charge in [-0.25, -0.2) is 4.98 Å². The number of benzene rings is 2. The van der Waals surface area contributed by atoms with Crippen LogP contribution in [0.4, 0.5) is 11.8 Å². The van der Waals surface area contributed by atoms with E-state index in [0.717, 1.165) is 71.5 Å². The molecule has 0 aliphatic carbocycles. The number of unbranched alkanes of at least 4 members (excludes halogenated alkanes) is 1. The van der Waals surface area contributed by atoms with E-state index in [1.54, 1.807) is 21.1 Å². The Morgan fingerprint density at radius 2 is 1.84 bits per heavy atom. The van der Waals surface area contributed by atoms with Gasteiger partial charge in [0.25, 0.3) is 0 Å². The Balaban J connectivity index is 0.00000121. The van der Waals surface area contributed by atoms with Crippen molar-refractivity contribution in [1.29, 1.82) is 0 Å². The second kappa shape index (κ2) is 14.4. The Bertz CT molecular complexity index is 1270. The molecule has 4 aromatic rings. The molecule has 0 unspecified atom stereocenters. The second-order valence-corrected chi connectivity index (χ2v) is 8.64. The van der Waals surface area contributed by atoms with Gasteiger partial charge >= 0.3 is 0 Å². The van der Waals surface area contributed by atoms with E-state index in [1.165, 1.54) is 5.56 Å². The third-order valence-corrected chi connectivity index (χ3v) is 5.93. The lowest BCUT2D eigenvalue weighted by Gasteiger charge is -2.15. The van der Waals surface area contributed by atoms with Crippen molar-refractivity contribution >= 4 is 33.7 Å². The number of fused-ring (bicyclic) bond motifs is 3. The summed E-state index contributed by atoms with van der Waals surface area (Å²) in [5.74, 6) is 1.89. The lowest BCUT2D eigenvalue weighted by atomic mass is 10.1. The van der Waals surface area contributed by atoms with Gasteiger partial charge in [-0.15, -0.1) is 0 Å². The number of hydrogen-bond acceptors (Lipinski definition) is 8. The Kier molecular flexibility index (Phi) is 10.9. The number of aliphatic hydroxyl groups is 1. The number of nitrogens with zero attached hydrogens (tertiary/aromatic N) is 3. The van der Waals surface area contributed by atoms with Gasteiger partial charge < -0.3 is 35.5 Å². The van der Waals surface area contributed by atoms with Crippen LogP contribution in [0.5, 0.6) is 5.75 Å². The topological polar surface area (TPSA) is 119 Å². The number of rotatable bonds is 12. The van der Waals surface area contributed by atoms with Crippen molar-refractivity contribution in [3.63, 3.8) is 0 Å². The van der Waals surface area contributed by atoms with Crippen molar-refractivity contribution in [2.45, 2.75) is 39.8 Å². The molecular weight excluding hydrogens is 468 g/mol. The molecule has 0 fully saturated rings. The van der Waals surface area contributed by atoms with Crippen molar-refractivity contribution in [1.82, 2.24) is 19.9 Å². The standard InChI is InChI=1S/C26H34N6O2.C2H6O/c1-4-5-12-29-25-24-23(30-26(27)31-25)20-8-6-7-9-21(20)32(24)17-19-15-18(10-11-22(19)34-3)16-28-13-14-33-2;1-2-3/h6-11,15,28H,4-5,12-14,16-17H2,1-3H3,(H3,27,29,30,31);3H,2H2,1H3. The number of ether oxygens (including phenoxy) is 2. The fourth-order valence-electron chi connectivity index (χ4n) is 4.26. The molecule has 0 spiro atoms. The molecule has 4 rings (SSSR count). The van der Waals surface area contributed by atoms with Crippen LogP contribution in [-0.4, -0.2) is 60.2 Å². The lowest BCUT2D eigenvalue weighted by Crippen LogP contribution is -2.18. The zero-order valence-electron chi connectivity index (χ0n) is 22.4. The highest BCUT2D eigenvalue weighted by atomic mass is 16.5. The molecule has 0 saturated carbocycles. The van der Waals surface area contributed by atoms with Gasteiger partial charge in [-0.2, -0.15) is 4.98 Å². The van der Waals surface area contributed by atoms with Gasteiger partial charge in [0.05, 0.1) is 25.8 Å². The molecule has 0 saturated heterocycles. The normalized spacial score (nSPS) is 10.9. The summed E-state index contributed by atoms with van der Waals surface area (Å²) in [7, 11) is 3.42. The number of aromatic nitrogens is 3. The Morgan fingerprint density at radius 3 is 2.57 bits per heavy atom. The summed E-state index contributed by atoms with van der Waals surface area (Å²) in [4.78, 5) is 9.20. The van der Waals surface area contributed by atoms with E-state index in [1.807, 2.05) is 18.2 Å². The number of anilines is 2. The maximum Gasteiger partial charge on any atom is 0.222 e. The van der Waals surface area contributed by atoms with Gasteiger partial charge in [-0.05, 0) is 37.1 Å². The average Bonchev–Trinajstić information content (AvgIpc) is 3.21. The van der Waals surface area contributed by atoms with Gasteiger partial charge in [0.1, 0.15) is 16.8 Å². The van der Waals surface area contributed by atoms with Gasteiger partial charge in [-0.3, -0.25) is 0 Å². The molecule has 0 amide bonds. The van der Waals surface area contributed by atoms with Crippen LogP contribution >= 0.6 is 0 Å². The third kappa shape index (κ3) is 7.09.